The van der Waals surface area contributed by atoms with Gasteiger partial charge in [0.1, 0.15) is 0 Å². The van der Waals surface area contributed by atoms with Gasteiger partial charge in [0.15, 0.2) is 6.61 Å². The molecule has 0 aliphatic carbocycles. The van der Waals surface area contributed by atoms with E-state index < -0.39 is 16.1 Å². The van der Waals surface area contributed by atoms with Gasteiger partial charge < -0.3 is 4.74 Å². The lowest BCUT2D eigenvalue weighted by molar-refractivity contribution is -0.127. The zero-order valence-corrected chi connectivity index (χ0v) is 14.5. The molecular weight excluding hydrogens is 332 g/mol. The van der Waals surface area contributed by atoms with Crippen molar-refractivity contribution in [1.82, 2.24) is 9.21 Å². The highest BCUT2D eigenvalue weighted by molar-refractivity contribution is 7.89. The van der Waals surface area contributed by atoms with Crippen LogP contribution in [0.25, 0.3) is 0 Å². The summed E-state index contributed by atoms with van der Waals surface area (Å²) in [6, 6.07) is 5.06. The smallest absolute Gasteiger partial charge is 0.417 e. The molecule has 24 heavy (non-hydrogen) atoms. The number of ether oxygens (including phenoxy) is 1. The number of benzene rings is 1. The lowest BCUT2D eigenvalue weighted by Gasteiger charge is -2.34. The van der Waals surface area contributed by atoms with Gasteiger partial charge in [-0.1, -0.05) is 12.1 Å². The van der Waals surface area contributed by atoms with Gasteiger partial charge in [0.05, 0.1) is 4.90 Å². The zero-order chi connectivity index (χ0) is 17.5. The van der Waals surface area contributed by atoms with Gasteiger partial charge in [0.2, 0.25) is 10.0 Å². The molecule has 2 saturated heterocycles. The quantitative estimate of drug-likeness (QED) is 0.822. The molecular formula is C16H20N2O5S. The van der Waals surface area contributed by atoms with E-state index in [4.69, 9.17) is 4.74 Å². The first-order chi connectivity index (χ1) is 11.3. The van der Waals surface area contributed by atoms with E-state index in [1.807, 2.05) is 13.0 Å². The summed E-state index contributed by atoms with van der Waals surface area (Å²) in [6.45, 7) is 3.96. The molecule has 0 unspecified atom stereocenters. The van der Waals surface area contributed by atoms with Crippen molar-refractivity contribution < 1.29 is 22.7 Å². The number of carbonyl (C=O) groups excluding carboxylic acids is 2. The summed E-state index contributed by atoms with van der Waals surface area (Å²) in [5.41, 5.74) is 1.60. The van der Waals surface area contributed by atoms with E-state index in [0.717, 1.165) is 10.5 Å². The van der Waals surface area contributed by atoms with Crippen LogP contribution < -0.4 is 0 Å². The van der Waals surface area contributed by atoms with Gasteiger partial charge >= 0.3 is 6.09 Å². The number of imide groups is 1. The third kappa shape index (κ3) is 2.91. The van der Waals surface area contributed by atoms with E-state index in [9.17, 15) is 18.0 Å². The molecule has 130 valence electrons. The van der Waals surface area contributed by atoms with Crippen LogP contribution in [-0.4, -0.2) is 55.4 Å². The molecule has 0 radical (unpaired) electrons. The summed E-state index contributed by atoms with van der Waals surface area (Å²) in [5, 5.41) is 0. The Morgan fingerprint density at radius 1 is 1.12 bits per heavy atom. The van der Waals surface area contributed by atoms with Gasteiger partial charge in [-0.2, -0.15) is 4.31 Å². The minimum atomic E-state index is -3.58. The minimum Gasteiger partial charge on any atom is -0.439 e. The predicted octanol–water partition coefficient (Wildman–Crippen LogP) is 1.44. The van der Waals surface area contributed by atoms with Crippen molar-refractivity contribution in [1.29, 1.82) is 0 Å². The number of rotatable bonds is 3. The number of piperidine rings is 1. The first-order valence-corrected chi connectivity index (χ1v) is 9.31. The molecule has 0 atom stereocenters. The van der Waals surface area contributed by atoms with Crippen LogP contribution in [0.5, 0.6) is 0 Å². The van der Waals surface area contributed by atoms with Crippen molar-refractivity contribution in [2.45, 2.75) is 37.6 Å². The zero-order valence-electron chi connectivity index (χ0n) is 13.7. The minimum absolute atomic E-state index is 0.222. The fourth-order valence-corrected chi connectivity index (χ4v) is 4.96. The maximum Gasteiger partial charge on any atom is 0.417 e. The van der Waals surface area contributed by atoms with Crippen LogP contribution in [0.4, 0.5) is 4.79 Å². The molecule has 0 aromatic heterocycles. The fraction of sp³-hybridized carbons (Fsp3) is 0.500. The van der Waals surface area contributed by atoms with E-state index >= 15 is 0 Å². The van der Waals surface area contributed by atoms with Crippen molar-refractivity contribution in [3.8, 4) is 0 Å². The second-order valence-corrected chi connectivity index (χ2v) is 8.13. The molecule has 2 aliphatic heterocycles. The third-order valence-electron chi connectivity index (χ3n) is 4.53. The number of aryl methyl sites for hydroxylation is 2. The van der Waals surface area contributed by atoms with Crippen LogP contribution in [0, 0.1) is 13.8 Å². The number of sulfonamides is 1. The Labute approximate surface area is 141 Å². The van der Waals surface area contributed by atoms with Gasteiger partial charge in [-0.05, 0) is 43.9 Å². The highest BCUT2D eigenvalue weighted by atomic mass is 32.2. The van der Waals surface area contributed by atoms with Gasteiger partial charge in [-0.25, -0.2) is 18.1 Å². The monoisotopic (exact) mass is 352 g/mol. The standard InChI is InChI=1S/C16H20N2O5S/c1-11-3-4-12(2)14(9-11)24(21,22)17-7-5-13(6-8-17)18-15(19)10-23-16(18)20/h3-4,9,13H,5-8,10H2,1-2H3. The number of nitrogens with zero attached hydrogens (tertiary/aromatic N) is 2. The van der Waals surface area contributed by atoms with Crippen molar-refractivity contribution in [2.75, 3.05) is 19.7 Å². The van der Waals surface area contributed by atoms with E-state index in [1.165, 1.54) is 4.31 Å². The van der Waals surface area contributed by atoms with Gasteiger partial charge in [-0.3, -0.25) is 4.79 Å². The van der Waals surface area contributed by atoms with Gasteiger partial charge in [-0.15, -0.1) is 0 Å². The van der Waals surface area contributed by atoms with Crippen LogP contribution in [0.3, 0.4) is 0 Å². The molecule has 1 aromatic rings. The largest absolute Gasteiger partial charge is 0.439 e. The summed E-state index contributed by atoms with van der Waals surface area (Å²) in [4.78, 5) is 24.8. The Kier molecular flexibility index (Phi) is 4.35. The van der Waals surface area contributed by atoms with E-state index in [2.05, 4.69) is 0 Å². The summed E-state index contributed by atoms with van der Waals surface area (Å²) in [7, 11) is -3.58. The Hall–Kier alpha value is -1.93. The fourth-order valence-electron chi connectivity index (χ4n) is 3.18. The van der Waals surface area contributed by atoms with E-state index in [1.54, 1.807) is 19.1 Å². The highest BCUT2D eigenvalue weighted by Gasteiger charge is 2.40. The molecule has 2 amide bonds. The molecule has 0 N–H and O–H groups in total. The molecule has 8 heteroatoms. The first kappa shape index (κ1) is 16.9. The number of amides is 2. The molecule has 2 aliphatic rings. The average Bonchev–Trinajstić information content (AvgIpc) is 2.88. The van der Waals surface area contributed by atoms with Crippen LogP contribution in [0.2, 0.25) is 0 Å². The molecule has 7 nitrogen and oxygen atoms in total. The number of hydrogen-bond donors (Lipinski definition) is 0. The Bertz CT molecular complexity index is 766. The van der Waals surface area contributed by atoms with E-state index in [0.29, 0.717) is 23.3 Å². The van der Waals surface area contributed by atoms with Gasteiger partial charge in [0, 0.05) is 19.1 Å². The van der Waals surface area contributed by atoms with Crippen LogP contribution in [-0.2, 0) is 19.6 Å². The molecule has 1 aromatic carbocycles. The average molecular weight is 352 g/mol. The maximum absolute atomic E-state index is 12.9. The lowest BCUT2D eigenvalue weighted by atomic mass is 10.1. The molecule has 0 spiro atoms. The van der Waals surface area contributed by atoms with Crippen molar-refractivity contribution in [3.05, 3.63) is 29.3 Å². The topological polar surface area (TPSA) is 84.0 Å². The number of hydrogen-bond acceptors (Lipinski definition) is 5. The Morgan fingerprint density at radius 2 is 1.79 bits per heavy atom. The molecule has 2 fully saturated rings. The Balaban J connectivity index is 1.75. The lowest BCUT2D eigenvalue weighted by Crippen LogP contribution is -2.48. The second-order valence-electron chi connectivity index (χ2n) is 6.22. The summed E-state index contributed by atoms with van der Waals surface area (Å²) in [6.07, 6.45) is 0.214. The molecule has 3 rings (SSSR count). The first-order valence-electron chi connectivity index (χ1n) is 7.87. The molecule has 0 bridgehead atoms. The predicted molar refractivity (Wildman–Crippen MR) is 85.9 cm³/mol. The van der Waals surface area contributed by atoms with Crippen molar-refractivity contribution in [2.24, 2.45) is 0 Å². The number of carbonyl (C=O) groups is 2. The summed E-state index contributed by atoms with van der Waals surface area (Å²) < 4.78 is 31.9. The molecule has 2 heterocycles. The maximum atomic E-state index is 12.9. The normalized spacial score (nSPS) is 20.5. The summed E-state index contributed by atoms with van der Waals surface area (Å²) in [5.74, 6) is -0.351. The third-order valence-corrected chi connectivity index (χ3v) is 6.58. The molecule has 0 saturated carbocycles. The highest BCUT2D eigenvalue weighted by Crippen LogP contribution is 2.27. The summed E-state index contributed by atoms with van der Waals surface area (Å²) >= 11 is 0. The van der Waals surface area contributed by atoms with E-state index in [-0.39, 0.29) is 31.6 Å². The second kappa shape index (κ2) is 6.18. The SMILES string of the molecule is Cc1ccc(C)c(S(=O)(=O)N2CCC(N3C(=O)COC3=O)CC2)c1. The Morgan fingerprint density at radius 3 is 2.38 bits per heavy atom. The van der Waals surface area contributed by atoms with Crippen molar-refractivity contribution >= 4 is 22.0 Å². The van der Waals surface area contributed by atoms with Crippen LogP contribution in [0.1, 0.15) is 24.0 Å². The van der Waals surface area contributed by atoms with Gasteiger partial charge in [0.25, 0.3) is 5.91 Å². The van der Waals surface area contributed by atoms with Crippen molar-refractivity contribution in [3.63, 3.8) is 0 Å². The number of cyclic esters (lactones) is 1. The van der Waals surface area contributed by atoms with Crippen LogP contribution >= 0.6 is 0 Å². The van der Waals surface area contributed by atoms with Crippen LogP contribution in [0.15, 0.2) is 23.1 Å².